The van der Waals surface area contributed by atoms with Gasteiger partial charge in [0.1, 0.15) is 5.57 Å². The number of rotatable bonds is 8. The Kier molecular flexibility index (Phi) is 6.44. The maximum atomic E-state index is 12.7. The topological polar surface area (TPSA) is 89.9 Å². The van der Waals surface area contributed by atoms with Crippen LogP contribution in [0.5, 0.6) is 11.5 Å². The average molecular weight is 447 g/mol. The number of urea groups is 1. The Balaban J connectivity index is 1.54. The Morgan fingerprint density at radius 1 is 1.00 bits per heavy atom. The number of hydrogen-bond acceptors (Lipinski definition) is 5. The summed E-state index contributed by atoms with van der Waals surface area (Å²) in [5, 5.41) is 3.14. The number of ether oxygens (including phenoxy) is 2. The number of methoxy groups -OCH3 is 1. The number of aryl methyl sites for hydroxylation is 1. The van der Waals surface area contributed by atoms with Crippen molar-refractivity contribution in [1.82, 2.24) is 14.8 Å². The Morgan fingerprint density at radius 2 is 1.73 bits per heavy atom. The molecule has 2 heterocycles. The summed E-state index contributed by atoms with van der Waals surface area (Å²) >= 11 is 0. The maximum Gasteiger partial charge on any atom is 0.331 e. The second-order valence-corrected chi connectivity index (χ2v) is 7.51. The van der Waals surface area contributed by atoms with E-state index in [2.05, 4.69) is 9.88 Å². The molecule has 0 saturated carbocycles. The fraction of sp³-hybridized carbons (Fsp3) is 0.240. The molecule has 8 nitrogen and oxygen atoms in total. The van der Waals surface area contributed by atoms with Gasteiger partial charge in [0.05, 0.1) is 13.7 Å². The van der Waals surface area contributed by atoms with Crippen molar-refractivity contribution in [2.45, 2.75) is 19.9 Å². The monoisotopic (exact) mass is 447 g/mol. The average Bonchev–Trinajstić information content (AvgIpc) is 3.17. The molecule has 1 saturated heterocycles. The van der Waals surface area contributed by atoms with Gasteiger partial charge in [-0.05, 0) is 37.6 Å². The van der Waals surface area contributed by atoms with Gasteiger partial charge >= 0.3 is 6.03 Å². The van der Waals surface area contributed by atoms with Crippen LogP contribution in [0.25, 0.3) is 17.0 Å². The van der Waals surface area contributed by atoms with Crippen LogP contribution in [0.4, 0.5) is 4.79 Å². The van der Waals surface area contributed by atoms with E-state index in [1.165, 1.54) is 0 Å². The predicted octanol–water partition coefficient (Wildman–Crippen LogP) is 3.60. The van der Waals surface area contributed by atoms with Crippen LogP contribution in [0.3, 0.4) is 0 Å². The van der Waals surface area contributed by atoms with Crippen LogP contribution in [-0.4, -0.2) is 47.6 Å². The number of nitrogens with one attached hydrogen (secondary N) is 1. The molecular formula is C25H25N3O5. The Labute approximate surface area is 191 Å². The minimum Gasteiger partial charge on any atom is -0.493 e. The zero-order valence-corrected chi connectivity index (χ0v) is 18.5. The Bertz CT molecular complexity index is 1240. The van der Waals surface area contributed by atoms with Gasteiger partial charge in [0, 0.05) is 35.8 Å². The van der Waals surface area contributed by atoms with Gasteiger partial charge in [0.25, 0.3) is 11.8 Å². The molecule has 1 aromatic heterocycles. The minimum atomic E-state index is -0.692. The molecule has 0 unspecified atom stereocenters. The molecule has 0 atom stereocenters. The first-order valence-electron chi connectivity index (χ1n) is 10.8. The molecule has 1 aliphatic heterocycles. The molecule has 2 aromatic carbocycles. The quantitative estimate of drug-likeness (QED) is 0.324. The smallest absolute Gasteiger partial charge is 0.331 e. The molecule has 170 valence electrons. The van der Waals surface area contributed by atoms with Crippen molar-refractivity contribution < 1.29 is 23.9 Å². The van der Waals surface area contributed by atoms with Gasteiger partial charge < -0.3 is 14.0 Å². The van der Waals surface area contributed by atoms with E-state index in [0.717, 1.165) is 27.8 Å². The summed E-state index contributed by atoms with van der Waals surface area (Å²) in [6.45, 7) is 3.05. The third-order valence-electron chi connectivity index (χ3n) is 5.49. The number of aromatic nitrogens is 1. The zero-order chi connectivity index (χ0) is 23.4. The van der Waals surface area contributed by atoms with Crippen LogP contribution in [0.15, 0.2) is 60.3 Å². The first-order valence-corrected chi connectivity index (χ1v) is 10.8. The molecule has 4 rings (SSSR count). The number of carbonyl (C=O) groups excluding carboxylic acids is 3. The largest absolute Gasteiger partial charge is 0.493 e. The van der Waals surface area contributed by atoms with Gasteiger partial charge in [-0.2, -0.15) is 0 Å². The predicted molar refractivity (Wildman–Crippen MR) is 124 cm³/mol. The summed E-state index contributed by atoms with van der Waals surface area (Å²) in [6.07, 6.45) is 4.20. The van der Waals surface area contributed by atoms with E-state index >= 15 is 0 Å². The molecule has 33 heavy (non-hydrogen) atoms. The van der Waals surface area contributed by atoms with Crippen LogP contribution in [0.1, 0.15) is 18.9 Å². The van der Waals surface area contributed by atoms with E-state index in [-0.39, 0.29) is 12.1 Å². The molecule has 8 heteroatoms. The summed E-state index contributed by atoms with van der Waals surface area (Å²) in [7, 11) is 1.61. The molecule has 0 radical (unpaired) electrons. The second-order valence-electron chi connectivity index (χ2n) is 7.51. The molecular weight excluding hydrogens is 422 g/mol. The molecule has 1 aliphatic rings. The summed E-state index contributed by atoms with van der Waals surface area (Å²) in [5.74, 6) is 0.109. The number of likely N-dealkylation sites (N-methyl/N-ethyl adjacent to an activating group) is 1. The SMILES string of the molecule is CCN1C(=O)NC(=O)/C(=C/c2cn(CCCOc3ccccc3OC)c3ccccc23)C1=O. The lowest BCUT2D eigenvalue weighted by molar-refractivity contribution is -0.129. The molecule has 4 amide bonds. The van der Waals surface area contributed by atoms with Crippen LogP contribution >= 0.6 is 0 Å². The Hall–Kier alpha value is -4.07. The number of hydrogen-bond donors (Lipinski definition) is 1. The van der Waals surface area contributed by atoms with Gasteiger partial charge in [0.2, 0.25) is 0 Å². The number of benzene rings is 2. The minimum absolute atomic E-state index is 0.0566. The summed E-state index contributed by atoms with van der Waals surface area (Å²) < 4.78 is 13.3. The lowest BCUT2D eigenvalue weighted by Crippen LogP contribution is -2.53. The number of para-hydroxylation sites is 3. The molecule has 0 spiro atoms. The highest BCUT2D eigenvalue weighted by Gasteiger charge is 2.34. The van der Waals surface area contributed by atoms with E-state index in [0.29, 0.717) is 24.7 Å². The lowest BCUT2D eigenvalue weighted by atomic mass is 10.1. The third-order valence-corrected chi connectivity index (χ3v) is 5.49. The van der Waals surface area contributed by atoms with Crippen LogP contribution in [0.2, 0.25) is 0 Å². The normalized spacial score (nSPS) is 15.3. The Morgan fingerprint density at radius 3 is 2.48 bits per heavy atom. The number of carbonyl (C=O) groups is 3. The number of nitrogens with zero attached hydrogens (tertiary/aromatic N) is 2. The van der Waals surface area contributed by atoms with Crippen LogP contribution in [0, 0.1) is 0 Å². The van der Waals surface area contributed by atoms with Crippen molar-refractivity contribution in [3.8, 4) is 11.5 Å². The number of fused-ring (bicyclic) bond motifs is 1. The van der Waals surface area contributed by atoms with Crippen molar-refractivity contribution in [3.63, 3.8) is 0 Å². The summed E-state index contributed by atoms with van der Waals surface area (Å²) in [6, 6.07) is 14.6. The lowest BCUT2D eigenvalue weighted by Gasteiger charge is -2.24. The molecule has 1 fully saturated rings. The molecule has 1 N–H and O–H groups in total. The van der Waals surface area contributed by atoms with Crippen molar-refractivity contribution in [2.24, 2.45) is 0 Å². The van der Waals surface area contributed by atoms with E-state index in [1.807, 2.05) is 54.7 Å². The van der Waals surface area contributed by atoms with E-state index in [4.69, 9.17) is 9.47 Å². The first-order chi connectivity index (χ1) is 16.0. The van der Waals surface area contributed by atoms with Crippen molar-refractivity contribution in [2.75, 3.05) is 20.3 Å². The van der Waals surface area contributed by atoms with Crippen molar-refractivity contribution >= 4 is 34.8 Å². The van der Waals surface area contributed by atoms with Crippen LogP contribution in [-0.2, 0) is 16.1 Å². The van der Waals surface area contributed by atoms with E-state index < -0.39 is 17.8 Å². The second kappa shape index (κ2) is 9.60. The van der Waals surface area contributed by atoms with E-state index in [9.17, 15) is 14.4 Å². The van der Waals surface area contributed by atoms with Gasteiger partial charge in [0.15, 0.2) is 11.5 Å². The van der Waals surface area contributed by atoms with E-state index in [1.54, 1.807) is 20.1 Å². The summed E-state index contributed by atoms with van der Waals surface area (Å²) in [4.78, 5) is 37.9. The zero-order valence-electron chi connectivity index (χ0n) is 18.5. The van der Waals surface area contributed by atoms with Gasteiger partial charge in [-0.1, -0.05) is 30.3 Å². The van der Waals surface area contributed by atoms with Gasteiger partial charge in [-0.25, -0.2) is 4.79 Å². The fourth-order valence-corrected chi connectivity index (χ4v) is 3.87. The van der Waals surface area contributed by atoms with Gasteiger partial charge in [-0.3, -0.25) is 19.8 Å². The highest BCUT2D eigenvalue weighted by atomic mass is 16.5. The molecule has 3 aromatic rings. The fourth-order valence-electron chi connectivity index (χ4n) is 3.87. The number of amides is 4. The highest BCUT2D eigenvalue weighted by molar-refractivity contribution is 6.31. The highest BCUT2D eigenvalue weighted by Crippen LogP contribution is 2.27. The maximum absolute atomic E-state index is 12.7. The molecule has 0 aliphatic carbocycles. The third kappa shape index (κ3) is 4.45. The van der Waals surface area contributed by atoms with Crippen LogP contribution < -0.4 is 14.8 Å². The van der Waals surface area contributed by atoms with Gasteiger partial charge in [-0.15, -0.1) is 0 Å². The van der Waals surface area contributed by atoms with Crippen molar-refractivity contribution in [3.05, 3.63) is 65.9 Å². The standard InChI is InChI=1S/C25H25N3O5/c1-3-28-24(30)19(23(29)26-25(28)31)15-17-16-27(20-10-5-4-9-18(17)20)13-8-14-33-22-12-7-6-11-21(22)32-2/h4-7,9-12,15-16H,3,8,13-14H2,1-2H3,(H,26,29,31)/b19-15-. The summed E-state index contributed by atoms with van der Waals surface area (Å²) in [5.41, 5.74) is 1.66. The molecule has 0 bridgehead atoms. The van der Waals surface area contributed by atoms with Crippen molar-refractivity contribution in [1.29, 1.82) is 0 Å². The number of imide groups is 2. The number of barbiturate groups is 1. The first kappa shape index (κ1) is 22.1.